The minimum Gasteiger partial charge on any atom is -0.303 e. The average Bonchev–Trinajstić information content (AvgIpc) is 2.99. The Morgan fingerprint density at radius 2 is 1.93 bits per heavy atom. The Labute approximate surface area is 82.9 Å². The van der Waals surface area contributed by atoms with Crippen molar-refractivity contribution in [1.29, 1.82) is 0 Å². The molecule has 0 bridgehead atoms. The van der Waals surface area contributed by atoms with Crippen LogP contribution in [0.5, 0.6) is 0 Å². The zero-order valence-electron chi connectivity index (χ0n) is 8.16. The fourth-order valence-corrected chi connectivity index (χ4v) is 1.88. The third-order valence-electron chi connectivity index (χ3n) is 3.29. The normalized spacial score (nSPS) is 20.1. The van der Waals surface area contributed by atoms with E-state index in [0.29, 0.717) is 0 Å². The van der Waals surface area contributed by atoms with Crippen molar-refractivity contribution < 1.29 is 9.18 Å². The van der Waals surface area contributed by atoms with E-state index in [1.807, 2.05) is 6.92 Å². The molecule has 1 unspecified atom stereocenters. The van der Waals surface area contributed by atoms with Crippen molar-refractivity contribution in [2.45, 2.75) is 25.7 Å². The fraction of sp³-hybridized carbons (Fsp3) is 0.417. The van der Waals surface area contributed by atoms with E-state index in [-0.39, 0.29) is 17.2 Å². The second-order valence-corrected chi connectivity index (χ2v) is 4.12. The second-order valence-electron chi connectivity index (χ2n) is 4.12. The van der Waals surface area contributed by atoms with Gasteiger partial charge < -0.3 is 4.79 Å². The highest BCUT2D eigenvalue weighted by Gasteiger charge is 2.47. The number of carbonyl (C=O) groups excluding carboxylic acids is 1. The molecular formula is C12H13FO. The fourth-order valence-electron chi connectivity index (χ4n) is 1.88. The highest BCUT2D eigenvalue weighted by molar-refractivity contribution is 5.65. The van der Waals surface area contributed by atoms with Gasteiger partial charge in [0.25, 0.3) is 0 Å². The summed E-state index contributed by atoms with van der Waals surface area (Å²) in [5, 5.41) is 0. The van der Waals surface area contributed by atoms with Gasteiger partial charge in [0, 0.05) is 5.41 Å². The van der Waals surface area contributed by atoms with Crippen molar-refractivity contribution in [3.05, 3.63) is 35.6 Å². The SMILES string of the molecule is CC(c1ccc(F)cc1)C1(C=O)CC1. The molecule has 14 heavy (non-hydrogen) atoms. The number of carbonyl (C=O) groups is 1. The first-order chi connectivity index (χ1) is 6.68. The Morgan fingerprint density at radius 1 is 1.36 bits per heavy atom. The third-order valence-corrected chi connectivity index (χ3v) is 3.29. The van der Waals surface area contributed by atoms with Crippen LogP contribution in [0.2, 0.25) is 0 Å². The van der Waals surface area contributed by atoms with Gasteiger partial charge in [-0.05, 0) is 36.5 Å². The summed E-state index contributed by atoms with van der Waals surface area (Å²) in [5.41, 5.74) is 0.897. The molecule has 0 amide bonds. The molecule has 74 valence electrons. The summed E-state index contributed by atoms with van der Waals surface area (Å²) in [7, 11) is 0. The third kappa shape index (κ3) is 1.45. The maximum atomic E-state index is 12.7. The lowest BCUT2D eigenvalue weighted by Crippen LogP contribution is -2.12. The van der Waals surface area contributed by atoms with Crippen molar-refractivity contribution in [3.63, 3.8) is 0 Å². The topological polar surface area (TPSA) is 17.1 Å². The van der Waals surface area contributed by atoms with E-state index in [1.165, 1.54) is 12.1 Å². The zero-order valence-corrected chi connectivity index (χ0v) is 8.16. The lowest BCUT2D eigenvalue weighted by atomic mass is 9.86. The lowest BCUT2D eigenvalue weighted by Gasteiger charge is -2.17. The zero-order chi connectivity index (χ0) is 10.2. The molecule has 1 saturated carbocycles. The molecule has 0 heterocycles. The highest BCUT2D eigenvalue weighted by Crippen LogP contribution is 2.54. The predicted octanol–water partition coefficient (Wildman–Crippen LogP) is 2.91. The van der Waals surface area contributed by atoms with Crippen LogP contribution in [-0.4, -0.2) is 6.29 Å². The summed E-state index contributed by atoms with van der Waals surface area (Å²) in [4.78, 5) is 10.9. The predicted molar refractivity (Wildman–Crippen MR) is 52.5 cm³/mol. The number of halogens is 1. The van der Waals surface area contributed by atoms with Crippen LogP contribution >= 0.6 is 0 Å². The van der Waals surface area contributed by atoms with Gasteiger partial charge in [0.2, 0.25) is 0 Å². The standard InChI is InChI=1S/C12H13FO/c1-9(12(8-14)6-7-12)10-2-4-11(13)5-3-10/h2-5,8-9H,6-7H2,1H3. The average molecular weight is 192 g/mol. The molecule has 0 spiro atoms. The summed E-state index contributed by atoms with van der Waals surface area (Å²) in [6.07, 6.45) is 2.99. The largest absolute Gasteiger partial charge is 0.303 e. The summed E-state index contributed by atoms with van der Waals surface area (Å²) >= 11 is 0. The minimum absolute atomic E-state index is 0.155. The van der Waals surface area contributed by atoms with E-state index >= 15 is 0 Å². The van der Waals surface area contributed by atoms with Crippen LogP contribution in [-0.2, 0) is 4.79 Å². The van der Waals surface area contributed by atoms with E-state index in [2.05, 4.69) is 0 Å². The molecule has 1 aliphatic rings. The van der Waals surface area contributed by atoms with Crippen molar-refractivity contribution in [2.24, 2.45) is 5.41 Å². The Hall–Kier alpha value is -1.18. The van der Waals surface area contributed by atoms with Crippen LogP contribution in [0, 0.1) is 11.2 Å². The molecule has 1 fully saturated rings. The van der Waals surface area contributed by atoms with E-state index in [1.54, 1.807) is 12.1 Å². The van der Waals surface area contributed by atoms with Gasteiger partial charge in [0.1, 0.15) is 12.1 Å². The van der Waals surface area contributed by atoms with Gasteiger partial charge in [0.05, 0.1) is 0 Å². The second kappa shape index (κ2) is 3.19. The highest BCUT2D eigenvalue weighted by atomic mass is 19.1. The number of benzene rings is 1. The van der Waals surface area contributed by atoms with Crippen LogP contribution in [0.4, 0.5) is 4.39 Å². The maximum absolute atomic E-state index is 12.7. The first-order valence-corrected chi connectivity index (χ1v) is 4.90. The van der Waals surface area contributed by atoms with Crippen LogP contribution in [0.25, 0.3) is 0 Å². The van der Waals surface area contributed by atoms with Gasteiger partial charge in [-0.25, -0.2) is 4.39 Å². The molecule has 1 atom stereocenters. The molecule has 0 radical (unpaired) electrons. The maximum Gasteiger partial charge on any atom is 0.126 e. The van der Waals surface area contributed by atoms with E-state index < -0.39 is 0 Å². The number of hydrogen-bond donors (Lipinski definition) is 0. The van der Waals surface area contributed by atoms with E-state index in [9.17, 15) is 9.18 Å². The van der Waals surface area contributed by atoms with Crippen molar-refractivity contribution in [1.82, 2.24) is 0 Å². The molecule has 1 aromatic rings. The first-order valence-electron chi connectivity index (χ1n) is 4.90. The Morgan fingerprint density at radius 3 is 2.36 bits per heavy atom. The number of rotatable bonds is 3. The first kappa shape index (κ1) is 9.38. The van der Waals surface area contributed by atoms with Crippen LogP contribution in [0.1, 0.15) is 31.2 Å². The summed E-state index contributed by atoms with van der Waals surface area (Å²) in [5.74, 6) is -0.0162. The summed E-state index contributed by atoms with van der Waals surface area (Å²) in [6.45, 7) is 2.04. The molecule has 2 rings (SSSR count). The van der Waals surface area contributed by atoms with Gasteiger partial charge in [-0.1, -0.05) is 19.1 Å². The molecule has 1 aromatic carbocycles. The van der Waals surface area contributed by atoms with Crippen LogP contribution in [0.3, 0.4) is 0 Å². The lowest BCUT2D eigenvalue weighted by molar-refractivity contribution is -0.112. The Kier molecular flexibility index (Phi) is 2.14. The molecule has 1 aliphatic carbocycles. The molecule has 2 heteroatoms. The van der Waals surface area contributed by atoms with Crippen molar-refractivity contribution in [3.8, 4) is 0 Å². The number of hydrogen-bond acceptors (Lipinski definition) is 1. The van der Waals surface area contributed by atoms with E-state index in [4.69, 9.17) is 0 Å². The van der Waals surface area contributed by atoms with Gasteiger partial charge in [-0.2, -0.15) is 0 Å². The molecule has 0 saturated heterocycles. The van der Waals surface area contributed by atoms with Crippen LogP contribution in [0.15, 0.2) is 24.3 Å². The van der Waals surface area contributed by atoms with Crippen LogP contribution < -0.4 is 0 Å². The molecule has 0 aromatic heterocycles. The van der Waals surface area contributed by atoms with Gasteiger partial charge in [-0.15, -0.1) is 0 Å². The monoisotopic (exact) mass is 192 g/mol. The van der Waals surface area contributed by atoms with E-state index in [0.717, 1.165) is 24.7 Å². The number of aldehydes is 1. The molecule has 1 nitrogen and oxygen atoms in total. The van der Waals surface area contributed by atoms with Crippen molar-refractivity contribution >= 4 is 6.29 Å². The Bertz CT molecular complexity index is 338. The smallest absolute Gasteiger partial charge is 0.126 e. The Balaban J connectivity index is 2.23. The summed E-state index contributed by atoms with van der Waals surface area (Å²) < 4.78 is 12.7. The molecular weight excluding hydrogens is 179 g/mol. The molecule has 0 aliphatic heterocycles. The van der Waals surface area contributed by atoms with Crippen molar-refractivity contribution in [2.75, 3.05) is 0 Å². The van der Waals surface area contributed by atoms with Gasteiger partial charge >= 0.3 is 0 Å². The summed E-state index contributed by atoms with van der Waals surface area (Å²) in [6, 6.07) is 6.44. The minimum atomic E-state index is -0.225. The van der Waals surface area contributed by atoms with Gasteiger partial charge in [-0.3, -0.25) is 0 Å². The van der Waals surface area contributed by atoms with Gasteiger partial charge in [0.15, 0.2) is 0 Å². The quantitative estimate of drug-likeness (QED) is 0.673. The molecule has 0 N–H and O–H groups in total.